The van der Waals surface area contributed by atoms with Crippen LogP contribution in [-0.2, 0) is 11.2 Å². The summed E-state index contributed by atoms with van der Waals surface area (Å²) in [5, 5.41) is 2.81. The van der Waals surface area contributed by atoms with Gasteiger partial charge in [-0.15, -0.1) is 0 Å². The van der Waals surface area contributed by atoms with Gasteiger partial charge in [0.1, 0.15) is 11.9 Å². The number of hydrazine groups is 1. The summed E-state index contributed by atoms with van der Waals surface area (Å²) < 4.78 is 13.3. The van der Waals surface area contributed by atoms with Gasteiger partial charge in [-0.05, 0) is 31.4 Å². The molecule has 5 heteroatoms. The smallest absolute Gasteiger partial charge is 0.238 e. The molecule has 0 aliphatic carbocycles. The molecule has 1 aromatic carbocycles. The molecule has 1 amide bonds. The van der Waals surface area contributed by atoms with Crippen molar-refractivity contribution in [3.8, 4) is 0 Å². The maximum absolute atomic E-state index is 13.3. The Morgan fingerprint density at radius 2 is 2.22 bits per heavy atom. The summed E-state index contributed by atoms with van der Waals surface area (Å²) in [7, 11) is 0. The Morgan fingerprint density at radius 3 is 2.89 bits per heavy atom. The first-order valence-corrected chi connectivity index (χ1v) is 6.19. The molecule has 0 radical (unpaired) electrons. The third-order valence-electron chi connectivity index (χ3n) is 3.06. The Labute approximate surface area is 106 Å². The van der Waals surface area contributed by atoms with Crippen molar-refractivity contribution in [2.45, 2.75) is 31.8 Å². The Hall–Kier alpha value is -1.46. The molecule has 1 saturated heterocycles. The quantitative estimate of drug-likeness (QED) is 0.740. The molecule has 2 atom stereocenters. The second-order valence-electron chi connectivity index (χ2n) is 4.61. The van der Waals surface area contributed by atoms with Crippen molar-refractivity contribution in [2.24, 2.45) is 0 Å². The summed E-state index contributed by atoms with van der Waals surface area (Å²) in [6.45, 7) is 2.46. The van der Waals surface area contributed by atoms with E-state index in [1.807, 2.05) is 6.92 Å². The van der Waals surface area contributed by atoms with Crippen LogP contribution in [0.3, 0.4) is 0 Å². The highest BCUT2D eigenvalue weighted by Crippen LogP contribution is 2.07. The number of benzene rings is 1. The maximum atomic E-state index is 13.3. The Kier molecular flexibility index (Phi) is 4.28. The molecule has 18 heavy (non-hydrogen) atoms. The van der Waals surface area contributed by atoms with Gasteiger partial charge in [-0.25, -0.2) is 9.82 Å². The van der Waals surface area contributed by atoms with E-state index >= 15 is 0 Å². The normalized spacial score (nSPS) is 23.0. The van der Waals surface area contributed by atoms with E-state index in [2.05, 4.69) is 16.2 Å². The number of hydrogen-bond acceptors (Lipinski definition) is 3. The zero-order valence-corrected chi connectivity index (χ0v) is 10.4. The van der Waals surface area contributed by atoms with Crippen molar-refractivity contribution < 1.29 is 9.18 Å². The van der Waals surface area contributed by atoms with Crippen LogP contribution in [0.15, 0.2) is 24.3 Å². The SMILES string of the molecule is CC1CC(C(=O)NCCc2ccccc2F)NN1. The monoisotopic (exact) mass is 251 g/mol. The fraction of sp³-hybridized carbons (Fsp3) is 0.462. The molecule has 0 spiro atoms. The van der Waals surface area contributed by atoms with Gasteiger partial charge < -0.3 is 5.32 Å². The first-order valence-electron chi connectivity index (χ1n) is 6.19. The van der Waals surface area contributed by atoms with E-state index in [-0.39, 0.29) is 17.8 Å². The van der Waals surface area contributed by atoms with Crippen LogP contribution in [0.1, 0.15) is 18.9 Å². The van der Waals surface area contributed by atoms with Crippen LogP contribution in [-0.4, -0.2) is 24.5 Å². The fourth-order valence-corrected chi connectivity index (χ4v) is 2.03. The number of halogens is 1. The third kappa shape index (κ3) is 3.27. The fourth-order valence-electron chi connectivity index (χ4n) is 2.03. The van der Waals surface area contributed by atoms with Gasteiger partial charge >= 0.3 is 0 Å². The lowest BCUT2D eigenvalue weighted by Crippen LogP contribution is -2.43. The second-order valence-corrected chi connectivity index (χ2v) is 4.61. The Morgan fingerprint density at radius 1 is 1.44 bits per heavy atom. The van der Waals surface area contributed by atoms with Gasteiger partial charge in [-0.3, -0.25) is 10.2 Å². The van der Waals surface area contributed by atoms with Crippen LogP contribution < -0.4 is 16.2 Å². The average molecular weight is 251 g/mol. The highest BCUT2D eigenvalue weighted by molar-refractivity contribution is 5.82. The van der Waals surface area contributed by atoms with Gasteiger partial charge in [0.15, 0.2) is 0 Å². The molecule has 0 bridgehead atoms. The Bertz CT molecular complexity index is 424. The van der Waals surface area contributed by atoms with Crippen LogP contribution in [0, 0.1) is 5.82 Å². The molecule has 2 rings (SSSR count). The van der Waals surface area contributed by atoms with Crippen LogP contribution in [0.2, 0.25) is 0 Å². The van der Waals surface area contributed by atoms with Gasteiger partial charge in [-0.2, -0.15) is 0 Å². The number of carbonyl (C=O) groups is 1. The van der Waals surface area contributed by atoms with Crippen molar-refractivity contribution in [1.29, 1.82) is 0 Å². The largest absolute Gasteiger partial charge is 0.354 e. The van der Waals surface area contributed by atoms with E-state index < -0.39 is 0 Å². The van der Waals surface area contributed by atoms with Crippen LogP contribution in [0.25, 0.3) is 0 Å². The highest BCUT2D eigenvalue weighted by atomic mass is 19.1. The topological polar surface area (TPSA) is 53.2 Å². The summed E-state index contributed by atoms with van der Waals surface area (Å²) in [4.78, 5) is 11.8. The minimum Gasteiger partial charge on any atom is -0.354 e. The Balaban J connectivity index is 1.75. The molecule has 1 fully saturated rings. The van der Waals surface area contributed by atoms with E-state index in [1.165, 1.54) is 6.07 Å². The molecule has 1 aromatic rings. The van der Waals surface area contributed by atoms with Gasteiger partial charge in [0.05, 0.1) is 0 Å². The molecule has 1 heterocycles. The lowest BCUT2D eigenvalue weighted by molar-refractivity contribution is -0.122. The molecular weight excluding hydrogens is 233 g/mol. The second kappa shape index (κ2) is 5.93. The predicted octanol–water partition coefficient (Wildman–Crippen LogP) is 0.739. The number of rotatable bonds is 4. The molecule has 0 saturated carbocycles. The first-order chi connectivity index (χ1) is 8.66. The van der Waals surface area contributed by atoms with Crippen molar-refractivity contribution in [3.63, 3.8) is 0 Å². The lowest BCUT2D eigenvalue weighted by Gasteiger charge is -2.10. The third-order valence-corrected chi connectivity index (χ3v) is 3.06. The average Bonchev–Trinajstić information content (AvgIpc) is 2.78. The minimum absolute atomic E-state index is 0.0387. The van der Waals surface area contributed by atoms with Gasteiger partial charge in [-0.1, -0.05) is 18.2 Å². The zero-order valence-electron chi connectivity index (χ0n) is 10.4. The predicted molar refractivity (Wildman–Crippen MR) is 67.3 cm³/mol. The summed E-state index contributed by atoms with van der Waals surface area (Å²) in [5.41, 5.74) is 6.56. The molecule has 98 valence electrons. The van der Waals surface area contributed by atoms with E-state index in [1.54, 1.807) is 18.2 Å². The van der Waals surface area contributed by atoms with Crippen molar-refractivity contribution in [1.82, 2.24) is 16.2 Å². The summed E-state index contributed by atoms with van der Waals surface area (Å²) in [5.74, 6) is -0.260. The molecular formula is C13H18FN3O. The van der Waals surface area contributed by atoms with Crippen LogP contribution >= 0.6 is 0 Å². The van der Waals surface area contributed by atoms with E-state index in [0.717, 1.165) is 6.42 Å². The molecule has 1 aliphatic heterocycles. The first kappa shape index (κ1) is 13.0. The summed E-state index contributed by atoms with van der Waals surface area (Å²) in [6, 6.07) is 6.73. The molecule has 4 nitrogen and oxygen atoms in total. The van der Waals surface area contributed by atoms with Crippen LogP contribution in [0.4, 0.5) is 4.39 Å². The van der Waals surface area contributed by atoms with Gasteiger partial charge in [0.2, 0.25) is 5.91 Å². The zero-order chi connectivity index (χ0) is 13.0. The summed E-state index contributed by atoms with van der Waals surface area (Å²) in [6.07, 6.45) is 1.28. The number of amides is 1. The van der Waals surface area contributed by atoms with Gasteiger partial charge in [0.25, 0.3) is 0 Å². The van der Waals surface area contributed by atoms with Crippen molar-refractivity contribution >= 4 is 5.91 Å². The number of carbonyl (C=O) groups excluding carboxylic acids is 1. The number of hydrogen-bond donors (Lipinski definition) is 3. The summed E-state index contributed by atoms with van der Waals surface area (Å²) >= 11 is 0. The molecule has 3 N–H and O–H groups in total. The molecule has 1 aliphatic rings. The highest BCUT2D eigenvalue weighted by Gasteiger charge is 2.25. The standard InChI is InChI=1S/C13H18FN3O/c1-9-8-12(17-16-9)13(18)15-7-6-10-4-2-3-5-11(10)14/h2-5,9,12,16-17H,6-8H2,1H3,(H,15,18). The van der Waals surface area contributed by atoms with Crippen LogP contribution in [0.5, 0.6) is 0 Å². The maximum Gasteiger partial charge on any atom is 0.238 e. The van der Waals surface area contributed by atoms with Gasteiger partial charge in [0, 0.05) is 12.6 Å². The van der Waals surface area contributed by atoms with E-state index in [4.69, 9.17) is 0 Å². The molecule has 0 aromatic heterocycles. The number of nitrogens with one attached hydrogen (secondary N) is 3. The van der Waals surface area contributed by atoms with Crippen molar-refractivity contribution in [3.05, 3.63) is 35.6 Å². The minimum atomic E-state index is -0.221. The molecule has 2 unspecified atom stereocenters. The lowest BCUT2D eigenvalue weighted by atomic mass is 10.1. The van der Waals surface area contributed by atoms with E-state index in [0.29, 0.717) is 24.6 Å². The van der Waals surface area contributed by atoms with E-state index in [9.17, 15) is 9.18 Å². The van der Waals surface area contributed by atoms with Crippen molar-refractivity contribution in [2.75, 3.05) is 6.54 Å².